The highest BCUT2D eigenvalue weighted by atomic mass is 35.5. The molecule has 2 N–H and O–H groups in total. The molecule has 0 saturated heterocycles. The maximum absolute atomic E-state index is 5.83. The fraction of sp³-hybridized carbons (Fsp3) is 0.333. The van der Waals surface area contributed by atoms with Crippen LogP contribution in [0, 0.1) is 13.8 Å². The average molecular weight is 162 g/mol. The molecule has 0 amide bonds. The van der Waals surface area contributed by atoms with Crippen LogP contribution in [0.25, 0.3) is 0 Å². The average Bonchev–Trinajstić information content (AvgIpc) is 1.98. The molecule has 0 aliphatic carbocycles. The molecule has 0 saturated carbocycles. The lowest BCUT2D eigenvalue weighted by atomic mass is 10.3. The molecule has 1 heterocycles. The van der Waals surface area contributed by atoms with Crippen LogP contribution in [0.15, 0.2) is 0 Å². The van der Waals surface area contributed by atoms with E-state index in [0.29, 0.717) is 0 Å². The van der Waals surface area contributed by atoms with Gasteiger partial charge in [-0.25, -0.2) is 0 Å². The first kappa shape index (κ1) is 6.90. The van der Waals surface area contributed by atoms with Crippen molar-refractivity contribution < 1.29 is 0 Å². The van der Waals surface area contributed by atoms with Crippen LogP contribution in [0.5, 0.6) is 0 Å². The fourth-order valence-electron chi connectivity index (χ4n) is 0.658. The maximum Gasteiger partial charge on any atom is 0.0904 e. The Morgan fingerprint density at radius 3 is 2.11 bits per heavy atom. The number of aryl methyl sites for hydroxylation is 1. The molecule has 1 nitrogen and oxygen atoms in total. The Morgan fingerprint density at radius 1 is 1.44 bits per heavy atom. The molecule has 1 aromatic heterocycles. The first-order valence-corrected chi connectivity index (χ1v) is 3.83. The quantitative estimate of drug-likeness (QED) is 0.622. The second-order valence-corrected chi connectivity index (χ2v) is 3.60. The lowest BCUT2D eigenvalue weighted by Gasteiger charge is -1.86. The first-order chi connectivity index (χ1) is 4.13. The molecule has 3 heteroatoms. The number of anilines is 1. The second kappa shape index (κ2) is 2.20. The topological polar surface area (TPSA) is 26.0 Å². The smallest absolute Gasteiger partial charge is 0.0904 e. The lowest BCUT2D eigenvalue weighted by molar-refractivity contribution is 1.51. The van der Waals surface area contributed by atoms with Gasteiger partial charge in [-0.3, -0.25) is 0 Å². The third-order valence-corrected chi connectivity index (χ3v) is 2.99. The number of nitrogen functional groups attached to an aromatic ring is 1. The van der Waals surface area contributed by atoms with Crippen LogP contribution in [0.2, 0.25) is 5.02 Å². The fourth-order valence-corrected chi connectivity index (χ4v) is 1.76. The van der Waals surface area contributed by atoms with Gasteiger partial charge in [-0.1, -0.05) is 11.6 Å². The number of hydrogen-bond acceptors (Lipinski definition) is 2. The van der Waals surface area contributed by atoms with Gasteiger partial charge in [-0.2, -0.15) is 0 Å². The third kappa shape index (κ3) is 1.05. The maximum atomic E-state index is 5.83. The molecule has 0 spiro atoms. The van der Waals surface area contributed by atoms with Crippen LogP contribution in [0.3, 0.4) is 0 Å². The lowest BCUT2D eigenvalue weighted by Crippen LogP contribution is -1.79. The number of hydrogen-bond donors (Lipinski definition) is 1. The number of thiophene rings is 1. The normalized spacial score (nSPS) is 10.1. The predicted octanol–water partition coefficient (Wildman–Crippen LogP) is 2.60. The van der Waals surface area contributed by atoms with E-state index < -0.39 is 0 Å². The minimum absolute atomic E-state index is 0.817. The Hall–Kier alpha value is -0.210. The van der Waals surface area contributed by atoms with Gasteiger partial charge in [0.25, 0.3) is 0 Å². The summed E-state index contributed by atoms with van der Waals surface area (Å²) in [5, 5.41) is 1.65. The summed E-state index contributed by atoms with van der Waals surface area (Å²) >= 11 is 7.37. The Kier molecular flexibility index (Phi) is 1.68. The molecule has 0 aliphatic heterocycles. The second-order valence-electron chi connectivity index (χ2n) is 1.96. The molecule has 0 aliphatic rings. The Labute approximate surface area is 63.4 Å². The molecule has 0 unspecified atom stereocenters. The van der Waals surface area contributed by atoms with Gasteiger partial charge in [0, 0.05) is 10.4 Å². The zero-order valence-electron chi connectivity index (χ0n) is 5.36. The van der Waals surface area contributed by atoms with Crippen molar-refractivity contribution in [1.29, 1.82) is 0 Å². The number of nitrogens with two attached hydrogens (primary N) is 1. The summed E-state index contributed by atoms with van der Waals surface area (Å²) in [7, 11) is 0. The van der Waals surface area contributed by atoms with E-state index in [0.717, 1.165) is 20.5 Å². The molecule has 1 rings (SSSR count). The minimum Gasteiger partial charge on any atom is -0.390 e. The van der Waals surface area contributed by atoms with Crippen LogP contribution in [-0.2, 0) is 0 Å². The highest BCUT2D eigenvalue weighted by molar-refractivity contribution is 7.16. The highest BCUT2D eigenvalue weighted by Crippen LogP contribution is 2.32. The molecule has 0 bridgehead atoms. The van der Waals surface area contributed by atoms with Crippen molar-refractivity contribution >= 4 is 27.9 Å². The van der Waals surface area contributed by atoms with E-state index >= 15 is 0 Å². The van der Waals surface area contributed by atoms with Crippen LogP contribution in [0.1, 0.15) is 10.4 Å². The zero-order chi connectivity index (χ0) is 7.02. The van der Waals surface area contributed by atoms with Gasteiger partial charge >= 0.3 is 0 Å². The van der Waals surface area contributed by atoms with Crippen molar-refractivity contribution in [3.05, 3.63) is 15.5 Å². The molecular weight excluding hydrogens is 154 g/mol. The van der Waals surface area contributed by atoms with Gasteiger partial charge in [0.1, 0.15) is 0 Å². The monoisotopic (exact) mass is 161 g/mol. The van der Waals surface area contributed by atoms with E-state index in [2.05, 4.69) is 0 Å². The summed E-state index contributed by atoms with van der Waals surface area (Å²) in [5.74, 6) is 0. The summed E-state index contributed by atoms with van der Waals surface area (Å²) in [4.78, 5) is 1.10. The largest absolute Gasteiger partial charge is 0.390 e. The van der Waals surface area contributed by atoms with E-state index in [-0.39, 0.29) is 0 Å². The highest BCUT2D eigenvalue weighted by Gasteiger charge is 2.05. The van der Waals surface area contributed by atoms with Crippen molar-refractivity contribution in [3.63, 3.8) is 0 Å². The zero-order valence-corrected chi connectivity index (χ0v) is 6.94. The number of halogens is 1. The molecule has 50 valence electrons. The standard InChI is InChI=1S/C6H8ClNS/c1-3-5(7)4(2)9-6(3)8/h8H2,1-2H3. The number of rotatable bonds is 0. The summed E-state index contributed by atoms with van der Waals surface area (Å²) in [5.41, 5.74) is 6.59. The molecule has 0 aromatic carbocycles. The van der Waals surface area contributed by atoms with E-state index in [1.165, 1.54) is 0 Å². The molecule has 0 radical (unpaired) electrons. The van der Waals surface area contributed by atoms with Crippen molar-refractivity contribution in [2.24, 2.45) is 0 Å². The van der Waals surface area contributed by atoms with E-state index in [1.54, 1.807) is 11.3 Å². The summed E-state index contributed by atoms with van der Waals surface area (Å²) < 4.78 is 0. The Morgan fingerprint density at radius 2 is 2.00 bits per heavy atom. The van der Waals surface area contributed by atoms with Crippen LogP contribution >= 0.6 is 22.9 Å². The molecular formula is C6H8ClNS. The van der Waals surface area contributed by atoms with Crippen molar-refractivity contribution in [1.82, 2.24) is 0 Å². The van der Waals surface area contributed by atoms with Gasteiger partial charge in [0.15, 0.2) is 0 Å². The molecule has 0 fully saturated rings. The van der Waals surface area contributed by atoms with Crippen LogP contribution in [-0.4, -0.2) is 0 Å². The van der Waals surface area contributed by atoms with E-state index in [4.69, 9.17) is 17.3 Å². The van der Waals surface area contributed by atoms with Gasteiger partial charge in [-0.15, -0.1) is 11.3 Å². The van der Waals surface area contributed by atoms with Gasteiger partial charge < -0.3 is 5.73 Å². The molecule has 1 aromatic rings. The van der Waals surface area contributed by atoms with Crippen molar-refractivity contribution in [3.8, 4) is 0 Å². The third-order valence-electron chi connectivity index (χ3n) is 1.27. The minimum atomic E-state index is 0.817. The Balaban J connectivity index is 3.29. The van der Waals surface area contributed by atoms with Crippen molar-refractivity contribution in [2.45, 2.75) is 13.8 Å². The molecule has 0 atom stereocenters. The molecule has 9 heavy (non-hydrogen) atoms. The van der Waals surface area contributed by atoms with Gasteiger partial charge in [0.05, 0.1) is 10.0 Å². The predicted molar refractivity (Wildman–Crippen MR) is 43.2 cm³/mol. The van der Waals surface area contributed by atoms with Gasteiger partial charge in [-0.05, 0) is 13.8 Å². The van der Waals surface area contributed by atoms with Crippen molar-refractivity contribution in [2.75, 3.05) is 5.73 Å². The first-order valence-electron chi connectivity index (χ1n) is 2.64. The van der Waals surface area contributed by atoms with Crippen LogP contribution < -0.4 is 5.73 Å². The summed E-state index contributed by atoms with van der Waals surface area (Å²) in [6, 6.07) is 0. The SMILES string of the molecule is Cc1sc(N)c(C)c1Cl. The Bertz CT molecular complexity index is 207. The van der Waals surface area contributed by atoms with E-state index in [9.17, 15) is 0 Å². The van der Waals surface area contributed by atoms with E-state index in [1.807, 2.05) is 13.8 Å². The summed E-state index contributed by atoms with van der Waals surface area (Å²) in [6.45, 7) is 3.90. The van der Waals surface area contributed by atoms with Gasteiger partial charge in [0.2, 0.25) is 0 Å². The summed E-state index contributed by atoms with van der Waals surface area (Å²) in [6.07, 6.45) is 0. The van der Waals surface area contributed by atoms with Crippen LogP contribution in [0.4, 0.5) is 5.00 Å².